The van der Waals surface area contributed by atoms with Crippen LogP contribution in [0.5, 0.6) is 0 Å². The van der Waals surface area contributed by atoms with E-state index in [9.17, 15) is 4.79 Å². The van der Waals surface area contributed by atoms with Crippen LogP contribution in [0, 0.1) is 0 Å². The Balaban J connectivity index is 1.39. The molecule has 2 N–H and O–H groups in total. The van der Waals surface area contributed by atoms with E-state index in [0.29, 0.717) is 5.11 Å². The van der Waals surface area contributed by atoms with Crippen LogP contribution in [0.3, 0.4) is 0 Å². The fourth-order valence-corrected chi connectivity index (χ4v) is 4.43. The monoisotopic (exact) mass is 458 g/mol. The molecular weight excluding hydrogens is 428 g/mol. The van der Waals surface area contributed by atoms with Gasteiger partial charge in [-0.3, -0.25) is 4.79 Å². The van der Waals surface area contributed by atoms with Gasteiger partial charge in [0, 0.05) is 37.6 Å². The van der Waals surface area contributed by atoms with Crippen molar-refractivity contribution in [3.8, 4) is 0 Å². The van der Waals surface area contributed by atoms with Gasteiger partial charge in [0.15, 0.2) is 5.11 Å². The normalized spacial score (nSPS) is 14.2. The molecule has 0 saturated carbocycles. The highest BCUT2D eigenvalue weighted by Crippen LogP contribution is 2.25. The van der Waals surface area contributed by atoms with E-state index in [1.807, 2.05) is 72.8 Å². The lowest BCUT2D eigenvalue weighted by atomic mass is 9.90. The maximum atomic E-state index is 13.2. The maximum absolute atomic E-state index is 13.2. The van der Waals surface area contributed by atoms with Gasteiger partial charge in [0.05, 0.1) is 5.92 Å². The van der Waals surface area contributed by atoms with Crippen LogP contribution in [0.25, 0.3) is 0 Å². The lowest BCUT2D eigenvalue weighted by molar-refractivity contribution is -0.120. The lowest BCUT2D eigenvalue weighted by Crippen LogP contribution is -2.46. The van der Waals surface area contributed by atoms with Crippen molar-refractivity contribution in [3.05, 3.63) is 96.1 Å². The van der Waals surface area contributed by atoms with Gasteiger partial charge < -0.3 is 20.4 Å². The van der Waals surface area contributed by atoms with E-state index in [4.69, 9.17) is 12.2 Å². The minimum absolute atomic E-state index is 0.157. The van der Waals surface area contributed by atoms with Gasteiger partial charge in [-0.25, -0.2) is 0 Å². The second-order valence-corrected chi connectivity index (χ2v) is 8.57. The van der Waals surface area contributed by atoms with Gasteiger partial charge in [0.2, 0.25) is 5.91 Å². The molecule has 0 radical (unpaired) electrons. The number of hydrogen-bond acceptors (Lipinski definition) is 4. The van der Waals surface area contributed by atoms with Crippen molar-refractivity contribution >= 4 is 34.6 Å². The van der Waals surface area contributed by atoms with Crippen molar-refractivity contribution in [2.75, 3.05) is 42.9 Å². The number of likely N-dealkylation sites (N-methyl/N-ethyl adjacent to an activating group) is 1. The molecule has 4 rings (SSSR count). The molecule has 1 amide bonds. The highest BCUT2D eigenvalue weighted by atomic mass is 32.1. The van der Waals surface area contributed by atoms with Crippen molar-refractivity contribution < 1.29 is 4.79 Å². The van der Waals surface area contributed by atoms with E-state index in [2.05, 4.69) is 39.5 Å². The number of hydrogen-bond donors (Lipinski definition) is 2. The summed E-state index contributed by atoms with van der Waals surface area (Å²) in [5.41, 5.74) is 3.92. The number of rotatable bonds is 6. The molecule has 1 saturated heterocycles. The van der Waals surface area contributed by atoms with Gasteiger partial charge in [-0.15, -0.1) is 0 Å². The first kappa shape index (κ1) is 23.0. The van der Waals surface area contributed by atoms with Crippen molar-refractivity contribution in [1.29, 1.82) is 0 Å². The number of carbonyl (C=O) groups excluding carboxylic acids is 1. The third-order valence-electron chi connectivity index (χ3n) is 6.07. The van der Waals surface area contributed by atoms with Crippen LogP contribution >= 0.6 is 12.2 Å². The Bertz CT molecular complexity index is 1010. The number of nitrogens with zero attached hydrogens (tertiary/aromatic N) is 2. The van der Waals surface area contributed by atoms with Gasteiger partial charge in [-0.2, -0.15) is 0 Å². The molecule has 33 heavy (non-hydrogen) atoms. The second kappa shape index (κ2) is 11.1. The molecule has 1 aliphatic heterocycles. The molecule has 3 aromatic rings. The second-order valence-electron chi connectivity index (χ2n) is 8.17. The van der Waals surface area contributed by atoms with E-state index in [1.54, 1.807) is 0 Å². The first-order valence-electron chi connectivity index (χ1n) is 11.4. The molecule has 0 unspecified atom stereocenters. The average Bonchev–Trinajstić information content (AvgIpc) is 2.86. The fourth-order valence-electron chi connectivity index (χ4n) is 4.21. The van der Waals surface area contributed by atoms with Gasteiger partial charge in [-0.1, -0.05) is 67.6 Å². The summed E-state index contributed by atoms with van der Waals surface area (Å²) in [5, 5.41) is 6.32. The summed E-state index contributed by atoms with van der Waals surface area (Å²) in [6.45, 7) is 7.58. The first-order valence-corrected chi connectivity index (χ1v) is 11.8. The number of piperazine rings is 1. The lowest BCUT2D eigenvalue weighted by Gasteiger charge is -2.35. The summed E-state index contributed by atoms with van der Waals surface area (Å²) in [6, 6.07) is 27.7. The summed E-state index contributed by atoms with van der Waals surface area (Å²) >= 11 is 5.46. The van der Waals surface area contributed by atoms with Gasteiger partial charge >= 0.3 is 0 Å². The average molecular weight is 459 g/mol. The number of carbonyl (C=O) groups is 1. The molecule has 5 nitrogen and oxygen atoms in total. The molecule has 0 bridgehead atoms. The Kier molecular flexibility index (Phi) is 7.70. The Morgan fingerprint density at radius 1 is 0.848 bits per heavy atom. The number of anilines is 2. The Morgan fingerprint density at radius 2 is 1.39 bits per heavy atom. The zero-order valence-electron chi connectivity index (χ0n) is 18.9. The smallest absolute Gasteiger partial charge is 0.238 e. The molecule has 0 aliphatic carbocycles. The SMILES string of the molecule is CCN1CCN(c2ccc(NC(=S)NC(=O)C(c3ccccc3)c3ccccc3)cc2)CC1. The molecule has 1 aliphatic rings. The summed E-state index contributed by atoms with van der Waals surface area (Å²) in [5.74, 6) is -0.591. The van der Waals surface area contributed by atoms with Crippen molar-refractivity contribution in [2.24, 2.45) is 0 Å². The van der Waals surface area contributed by atoms with E-state index < -0.39 is 5.92 Å². The van der Waals surface area contributed by atoms with E-state index in [-0.39, 0.29) is 5.91 Å². The van der Waals surface area contributed by atoms with Gasteiger partial charge in [0.1, 0.15) is 0 Å². The van der Waals surface area contributed by atoms with Crippen molar-refractivity contribution in [2.45, 2.75) is 12.8 Å². The quantitative estimate of drug-likeness (QED) is 0.534. The topological polar surface area (TPSA) is 47.6 Å². The summed E-state index contributed by atoms with van der Waals surface area (Å²) < 4.78 is 0. The summed E-state index contributed by atoms with van der Waals surface area (Å²) in [4.78, 5) is 18.1. The largest absolute Gasteiger partial charge is 0.369 e. The molecule has 0 atom stereocenters. The Hall–Kier alpha value is -3.22. The minimum Gasteiger partial charge on any atom is -0.369 e. The van der Waals surface area contributed by atoms with Crippen molar-refractivity contribution in [3.63, 3.8) is 0 Å². The van der Waals surface area contributed by atoms with Crippen LogP contribution in [0.2, 0.25) is 0 Å². The van der Waals surface area contributed by atoms with E-state index in [1.165, 1.54) is 5.69 Å². The molecule has 1 fully saturated rings. The summed E-state index contributed by atoms with van der Waals surface area (Å²) in [6.07, 6.45) is 0. The van der Waals surface area contributed by atoms with Gasteiger partial charge in [0.25, 0.3) is 0 Å². The first-order chi connectivity index (χ1) is 16.1. The molecular formula is C27H30N4OS. The van der Waals surface area contributed by atoms with Crippen LogP contribution < -0.4 is 15.5 Å². The highest BCUT2D eigenvalue weighted by Gasteiger charge is 2.23. The number of benzene rings is 3. The molecule has 0 aromatic heterocycles. The van der Waals surface area contributed by atoms with Crippen molar-refractivity contribution in [1.82, 2.24) is 10.2 Å². The molecule has 1 heterocycles. The van der Waals surface area contributed by atoms with Crippen LogP contribution in [0.1, 0.15) is 24.0 Å². The Labute approximate surface area is 201 Å². The van der Waals surface area contributed by atoms with Crippen LogP contribution in [0.15, 0.2) is 84.9 Å². The third-order valence-corrected chi connectivity index (χ3v) is 6.28. The van der Waals surface area contributed by atoms with Crippen LogP contribution in [-0.4, -0.2) is 48.6 Å². The molecule has 6 heteroatoms. The number of nitrogens with one attached hydrogen (secondary N) is 2. The molecule has 170 valence electrons. The third kappa shape index (κ3) is 5.97. The summed E-state index contributed by atoms with van der Waals surface area (Å²) in [7, 11) is 0. The zero-order chi connectivity index (χ0) is 23.0. The fraction of sp³-hybridized carbons (Fsp3) is 0.259. The predicted molar refractivity (Wildman–Crippen MR) is 140 cm³/mol. The molecule has 0 spiro atoms. The van der Waals surface area contributed by atoms with Crippen LogP contribution in [-0.2, 0) is 4.79 Å². The zero-order valence-corrected chi connectivity index (χ0v) is 19.7. The minimum atomic E-state index is -0.434. The predicted octanol–water partition coefficient (Wildman–Crippen LogP) is 4.47. The van der Waals surface area contributed by atoms with Gasteiger partial charge in [-0.05, 0) is 54.2 Å². The maximum Gasteiger partial charge on any atom is 0.238 e. The van der Waals surface area contributed by atoms with E-state index in [0.717, 1.165) is 49.5 Å². The standard InChI is InChI=1S/C27H30N4OS/c1-2-30-17-19-31(20-18-30)24-15-13-23(14-16-24)28-27(33)29-26(32)25(21-9-5-3-6-10-21)22-11-7-4-8-12-22/h3-16,25H,2,17-20H2,1H3,(H2,28,29,32,33). The molecule has 3 aromatic carbocycles. The number of amides is 1. The Morgan fingerprint density at radius 3 is 1.91 bits per heavy atom. The van der Waals surface area contributed by atoms with Crippen LogP contribution in [0.4, 0.5) is 11.4 Å². The highest BCUT2D eigenvalue weighted by molar-refractivity contribution is 7.80. The number of thiocarbonyl (C=S) groups is 1. The van der Waals surface area contributed by atoms with E-state index >= 15 is 0 Å².